The summed E-state index contributed by atoms with van der Waals surface area (Å²) in [5, 5.41) is 10.7. The Morgan fingerprint density at radius 3 is 2.35 bits per heavy atom. The fourth-order valence-electron chi connectivity index (χ4n) is 6.45. The Bertz CT molecular complexity index is 1730. The Labute approximate surface area is 274 Å². The number of nitrogens with zero attached hydrogens (tertiary/aromatic N) is 4. The van der Waals surface area contributed by atoms with E-state index in [1.54, 1.807) is 17.0 Å². The van der Waals surface area contributed by atoms with Crippen molar-refractivity contribution in [3.8, 4) is 11.5 Å². The van der Waals surface area contributed by atoms with Crippen molar-refractivity contribution in [3.05, 3.63) is 82.4 Å². The summed E-state index contributed by atoms with van der Waals surface area (Å²) < 4.78 is 40.6. The summed E-state index contributed by atoms with van der Waals surface area (Å²) in [6.45, 7) is 2.35. The number of likely N-dealkylation sites (N-methyl/N-ethyl adjacent to an activating group) is 2. The molecule has 2 aliphatic heterocycles. The van der Waals surface area contributed by atoms with Crippen molar-refractivity contribution >= 4 is 39.2 Å². The number of hydrogen-bond acceptors (Lipinski definition) is 9. The molecule has 1 amide bonds. The lowest BCUT2D eigenvalue weighted by Gasteiger charge is -2.41. The largest absolute Gasteiger partial charge is 0.497 e. The van der Waals surface area contributed by atoms with Crippen LogP contribution in [0.25, 0.3) is 0 Å². The van der Waals surface area contributed by atoms with E-state index in [4.69, 9.17) is 21.1 Å². The molecule has 0 aliphatic carbocycles. The van der Waals surface area contributed by atoms with Gasteiger partial charge in [-0.05, 0) is 94.1 Å². The van der Waals surface area contributed by atoms with E-state index >= 15 is 4.79 Å². The van der Waals surface area contributed by atoms with Crippen LogP contribution < -0.4 is 13.8 Å². The van der Waals surface area contributed by atoms with Crippen molar-refractivity contribution in [3.63, 3.8) is 0 Å². The lowest BCUT2D eigenvalue weighted by Crippen LogP contribution is -2.58. The van der Waals surface area contributed by atoms with Gasteiger partial charge in [0, 0.05) is 42.3 Å². The number of methoxy groups -OCH3 is 2. The topological polar surface area (TPSA) is 120 Å². The van der Waals surface area contributed by atoms with Gasteiger partial charge in [0.1, 0.15) is 17.5 Å². The van der Waals surface area contributed by atoms with Crippen LogP contribution in [-0.4, -0.2) is 101 Å². The summed E-state index contributed by atoms with van der Waals surface area (Å²) in [6.07, 6.45) is 0.767. The maximum Gasteiger partial charge on any atom is 0.320 e. The molecule has 3 aromatic carbocycles. The number of sulfonamides is 1. The van der Waals surface area contributed by atoms with E-state index in [1.807, 2.05) is 33.3 Å². The maximum atomic E-state index is 15.2. The van der Waals surface area contributed by atoms with Crippen molar-refractivity contribution in [1.29, 1.82) is 0 Å². The second kappa shape index (κ2) is 13.2. The molecule has 1 saturated heterocycles. The molecule has 0 aromatic heterocycles. The minimum atomic E-state index is -4.49. The van der Waals surface area contributed by atoms with Crippen LogP contribution in [-0.2, 0) is 31.7 Å². The van der Waals surface area contributed by atoms with Crippen molar-refractivity contribution in [1.82, 2.24) is 14.7 Å². The summed E-state index contributed by atoms with van der Waals surface area (Å²) in [7, 11) is 4.43. The minimum Gasteiger partial charge on any atom is -0.497 e. The molecular formula is C33H39ClN4O7S. The molecule has 13 heteroatoms. The number of anilines is 1. The van der Waals surface area contributed by atoms with Gasteiger partial charge in [-0.1, -0.05) is 17.7 Å². The molecule has 0 saturated carbocycles. The molecule has 246 valence electrons. The first-order valence-corrected chi connectivity index (χ1v) is 16.7. The summed E-state index contributed by atoms with van der Waals surface area (Å²) in [5.74, 6) is -1.17. The lowest BCUT2D eigenvalue weighted by molar-refractivity contribution is -0.145. The van der Waals surface area contributed by atoms with Gasteiger partial charge in [0.05, 0.1) is 24.8 Å². The van der Waals surface area contributed by atoms with Gasteiger partial charge in [-0.3, -0.25) is 14.5 Å². The number of carbonyl (C=O) groups is 2. The third-order valence-corrected chi connectivity index (χ3v) is 10.6. The first kappa shape index (κ1) is 33.7. The van der Waals surface area contributed by atoms with Gasteiger partial charge in [0.25, 0.3) is 15.9 Å². The molecule has 46 heavy (non-hydrogen) atoms. The first-order chi connectivity index (χ1) is 21.9. The Morgan fingerprint density at radius 2 is 1.72 bits per heavy atom. The number of likely N-dealkylation sites (tertiary alicyclic amines) is 1. The normalized spacial score (nSPS) is 20.0. The Balaban J connectivity index is 1.78. The molecule has 5 rings (SSSR count). The minimum absolute atomic E-state index is 0.0943. The molecule has 1 unspecified atom stereocenters. The number of amides is 1. The average Bonchev–Trinajstić information content (AvgIpc) is 3.61. The van der Waals surface area contributed by atoms with E-state index in [2.05, 4.69) is 9.80 Å². The molecule has 0 bridgehead atoms. The molecule has 2 atom stereocenters. The summed E-state index contributed by atoms with van der Waals surface area (Å²) in [6, 6.07) is 14.7. The number of rotatable bonds is 12. The van der Waals surface area contributed by atoms with E-state index in [-0.39, 0.29) is 34.1 Å². The zero-order chi connectivity index (χ0) is 33.4. The highest BCUT2D eigenvalue weighted by molar-refractivity contribution is 7.93. The molecule has 11 nitrogen and oxygen atoms in total. The number of aliphatic carboxylic acids is 1. The van der Waals surface area contributed by atoms with E-state index in [0.717, 1.165) is 23.0 Å². The van der Waals surface area contributed by atoms with Gasteiger partial charge in [-0.15, -0.1) is 0 Å². The quantitative estimate of drug-likeness (QED) is 0.304. The van der Waals surface area contributed by atoms with Gasteiger partial charge < -0.3 is 24.4 Å². The monoisotopic (exact) mass is 670 g/mol. The van der Waals surface area contributed by atoms with Crippen LogP contribution in [0.4, 0.5) is 5.69 Å². The number of carboxylic acid groups (broad SMARTS) is 1. The van der Waals surface area contributed by atoms with Crippen LogP contribution in [0.2, 0.25) is 5.02 Å². The van der Waals surface area contributed by atoms with Crippen LogP contribution >= 0.6 is 11.6 Å². The molecule has 1 N–H and O–H groups in total. The Morgan fingerprint density at radius 1 is 1.00 bits per heavy atom. The number of carbonyl (C=O) groups excluding carboxylic acids is 1. The zero-order valence-electron chi connectivity index (χ0n) is 26.6. The summed E-state index contributed by atoms with van der Waals surface area (Å²) >= 11 is 6.57. The summed E-state index contributed by atoms with van der Waals surface area (Å²) in [4.78, 5) is 33.7. The molecule has 0 radical (unpaired) electrons. The third kappa shape index (κ3) is 5.84. The van der Waals surface area contributed by atoms with Gasteiger partial charge in [-0.2, -0.15) is 0 Å². The number of ether oxygens (including phenoxy) is 2. The number of carboxylic acids is 1. The predicted molar refractivity (Wildman–Crippen MR) is 175 cm³/mol. The van der Waals surface area contributed by atoms with Gasteiger partial charge in [0.2, 0.25) is 0 Å². The van der Waals surface area contributed by atoms with Crippen LogP contribution in [0.1, 0.15) is 29.5 Å². The summed E-state index contributed by atoms with van der Waals surface area (Å²) in [5.41, 5.74) is -0.329. The Hall–Kier alpha value is -3.68. The van der Waals surface area contributed by atoms with Crippen molar-refractivity contribution in [2.75, 3.05) is 59.3 Å². The molecule has 2 aliphatic rings. The van der Waals surface area contributed by atoms with Gasteiger partial charge >= 0.3 is 5.97 Å². The average molecular weight is 671 g/mol. The standard InChI is InChI=1S/C33H39ClN4O7S/c1-35(2)17-18-36(3)21-22-8-15-30(45-5)27(19-22)33(37-16-6-7-29(37)31(39)40)26-20-23(34)9-14-28(26)38(32(33)41)46(42,43)25-12-10-24(44-4)11-13-25/h8-15,19-20,29H,6-7,16-18,21H2,1-5H3,(H,39,40)/t29-,33?/m0/s1. The highest BCUT2D eigenvalue weighted by atomic mass is 35.5. The highest BCUT2D eigenvalue weighted by Gasteiger charge is 2.63. The first-order valence-electron chi connectivity index (χ1n) is 14.9. The fraction of sp³-hybridized carbons (Fsp3) is 0.394. The molecular weight excluding hydrogens is 632 g/mol. The number of benzene rings is 3. The predicted octanol–water partition coefficient (Wildman–Crippen LogP) is 3.88. The Kier molecular flexibility index (Phi) is 9.67. The second-order valence-corrected chi connectivity index (χ2v) is 14.1. The van der Waals surface area contributed by atoms with Gasteiger partial charge in [0.15, 0.2) is 5.54 Å². The van der Waals surface area contributed by atoms with E-state index < -0.39 is 33.5 Å². The van der Waals surface area contributed by atoms with Crippen molar-refractivity contribution < 1.29 is 32.6 Å². The number of hydrogen-bond donors (Lipinski definition) is 1. The molecule has 0 spiro atoms. The fourth-order valence-corrected chi connectivity index (χ4v) is 8.09. The van der Waals surface area contributed by atoms with Gasteiger partial charge in [-0.25, -0.2) is 12.7 Å². The lowest BCUT2D eigenvalue weighted by atomic mass is 9.80. The molecule has 2 heterocycles. The van der Waals surface area contributed by atoms with Crippen LogP contribution in [0.3, 0.4) is 0 Å². The van der Waals surface area contributed by atoms with Crippen LogP contribution in [0, 0.1) is 0 Å². The van der Waals surface area contributed by atoms with Crippen molar-refractivity contribution in [2.24, 2.45) is 0 Å². The maximum absolute atomic E-state index is 15.2. The van der Waals surface area contributed by atoms with E-state index in [1.165, 1.54) is 50.6 Å². The van der Waals surface area contributed by atoms with E-state index in [0.29, 0.717) is 30.0 Å². The third-order valence-electron chi connectivity index (χ3n) is 8.66. The highest BCUT2D eigenvalue weighted by Crippen LogP contribution is 2.55. The van der Waals surface area contributed by atoms with Crippen LogP contribution in [0.15, 0.2) is 65.6 Å². The SMILES string of the molecule is COc1ccc(S(=O)(=O)N2C(=O)C(c3cc(CN(C)CCN(C)C)ccc3OC)(N3CCC[C@H]3C(=O)O)c3cc(Cl)ccc32)cc1. The second-order valence-electron chi connectivity index (χ2n) is 11.9. The van der Waals surface area contributed by atoms with Crippen molar-refractivity contribution in [2.45, 2.75) is 35.9 Å². The number of fused-ring (bicyclic) bond motifs is 1. The zero-order valence-corrected chi connectivity index (χ0v) is 28.1. The molecule has 3 aromatic rings. The van der Waals surface area contributed by atoms with Crippen LogP contribution in [0.5, 0.6) is 11.5 Å². The smallest absolute Gasteiger partial charge is 0.320 e. The van der Waals surface area contributed by atoms with E-state index in [9.17, 15) is 18.3 Å². The number of halogens is 1. The molecule has 1 fully saturated rings.